The number of ether oxygens (including phenoxy) is 1. The lowest BCUT2D eigenvalue weighted by molar-refractivity contribution is 0.111. The van der Waals surface area contributed by atoms with Gasteiger partial charge in [0.15, 0.2) is 6.29 Å². The van der Waals surface area contributed by atoms with Gasteiger partial charge in [-0.15, -0.1) is 0 Å². The average molecular weight is 299 g/mol. The highest BCUT2D eigenvalue weighted by Crippen LogP contribution is 2.25. The van der Waals surface area contributed by atoms with Crippen LogP contribution in [0.25, 0.3) is 5.69 Å². The maximum absolute atomic E-state index is 11.1. The molecule has 0 saturated heterocycles. The summed E-state index contributed by atoms with van der Waals surface area (Å²) in [5, 5.41) is 5.15. The molecule has 1 heterocycles. The van der Waals surface area contributed by atoms with Crippen molar-refractivity contribution in [2.24, 2.45) is 0 Å². The smallest absolute Gasteiger partial charge is 0.155 e. The summed E-state index contributed by atoms with van der Waals surface area (Å²) in [6, 6.07) is 5.46. The highest BCUT2D eigenvalue weighted by Gasteiger charge is 2.17. The monoisotopic (exact) mass is 298 g/mol. The van der Waals surface area contributed by atoms with Crippen LogP contribution in [-0.2, 0) is 11.3 Å². The minimum atomic E-state index is 0.223. The first-order chi connectivity index (χ1) is 9.08. The van der Waals surface area contributed by atoms with Crippen LogP contribution in [0.1, 0.15) is 21.6 Å². The average Bonchev–Trinajstić information content (AvgIpc) is 2.70. The van der Waals surface area contributed by atoms with Crippen molar-refractivity contribution < 1.29 is 9.53 Å². The number of halogens is 2. The number of benzene rings is 1. The third-order valence-electron chi connectivity index (χ3n) is 2.74. The maximum Gasteiger partial charge on any atom is 0.155 e. The van der Waals surface area contributed by atoms with Gasteiger partial charge in [-0.2, -0.15) is 5.10 Å². The number of aldehydes is 1. The zero-order valence-electron chi connectivity index (χ0n) is 10.5. The molecular weight excluding hydrogens is 287 g/mol. The predicted molar refractivity (Wildman–Crippen MR) is 74.4 cm³/mol. The van der Waals surface area contributed by atoms with Crippen LogP contribution in [0, 0.1) is 6.92 Å². The molecule has 0 fully saturated rings. The Hall–Kier alpha value is -1.36. The van der Waals surface area contributed by atoms with Crippen molar-refractivity contribution in [2.75, 3.05) is 7.11 Å². The van der Waals surface area contributed by atoms with E-state index in [2.05, 4.69) is 5.10 Å². The van der Waals surface area contributed by atoms with Gasteiger partial charge in [0.05, 0.1) is 17.9 Å². The quantitative estimate of drug-likeness (QED) is 0.812. The summed E-state index contributed by atoms with van der Waals surface area (Å²) in [6.45, 7) is 2.13. The molecule has 1 aromatic carbocycles. The molecule has 0 amide bonds. The Labute approximate surface area is 120 Å². The fourth-order valence-electron chi connectivity index (χ4n) is 1.70. The molecule has 0 atom stereocenters. The highest BCUT2D eigenvalue weighted by atomic mass is 35.5. The number of rotatable bonds is 4. The maximum atomic E-state index is 11.1. The summed E-state index contributed by atoms with van der Waals surface area (Å²) in [5.41, 5.74) is 2.49. The van der Waals surface area contributed by atoms with E-state index in [1.807, 2.05) is 19.1 Å². The predicted octanol–water partition coefficient (Wildman–Crippen LogP) is 3.45. The normalized spacial score (nSPS) is 10.7. The molecule has 19 heavy (non-hydrogen) atoms. The van der Waals surface area contributed by atoms with Crippen LogP contribution in [0.2, 0.25) is 10.2 Å². The van der Waals surface area contributed by atoms with Gasteiger partial charge in [-0.25, -0.2) is 4.68 Å². The van der Waals surface area contributed by atoms with Crippen molar-refractivity contribution in [1.29, 1.82) is 0 Å². The van der Waals surface area contributed by atoms with Crippen LogP contribution in [0.4, 0.5) is 0 Å². The first-order valence-electron chi connectivity index (χ1n) is 5.56. The minimum absolute atomic E-state index is 0.223. The zero-order valence-corrected chi connectivity index (χ0v) is 12.0. The van der Waals surface area contributed by atoms with Gasteiger partial charge in [0, 0.05) is 12.1 Å². The summed E-state index contributed by atoms with van der Waals surface area (Å²) in [4.78, 5) is 11.1. The lowest BCUT2D eigenvalue weighted by Gasteiger charge is -2.05. The lowest BCUT2D eigenvalue weighted by atomic mass is 10.2. The summed E-state index contributed by atoms with van der Waals surface area (Å²) in [5.74, 6) is 0. The molecule has 0 saturated carbocycles. The van der Waals surface area contributed by atoms with Gasteiger partial charge in [0.25, 0.3) is 0 Å². The molecule has 0 unspecified atom stereocenters. The van der Waals surface area contributed by atoms with E-state index >= 15 is 0 Å². The van der Waals surface area contributed by atoms with Gasteiger partial charge < -0.3 is 4.74 Å². The number of methoxy groups -OCH3 is 1. The summed E-state index contributed by atoms with van der Waals surface area (Å²) < 4.78 is 6.48. The topological polar surface area (TPSA) is 44.1 Å². The molecule has 0 bridgehead atoms. The van der Waals surface area contributed by atoms with Crippen molar-refractivity contribution in [3.63, 3.8) is 0 Å². The van der Waals surface area contributed by atoms with E-state index in [0.29, 0.717) is 28.3 Å². The van der Waals surface area contributed by atoms with Gasteiger partial charge in [-0.3, -0.25) is 4.79 Å². The van der Waals surface area contributed by atoms with Crippen molar-refractivity contribution in [3.05, 3.63) is 45.2 Å². The molecule has 0 aliphatic carbocycles. The van der Waals surface area contributed by atoms with Gasteiger partial charge in [-0.05, 0) is 24.6 Å². The third kappa shape index (κ3) is 2.66. The van der Waals surface area contributed by atoms with Crippen molar-refractivity contribution in [2.45, 2.75) is 13.5 Å². The van der Waals surface area contributed by atoms with E-state index in [4.69, 9.17) is 27.9 Å². The van der Waals surface area contributed by atoms with Crippen LogP contribution in [0.3, 0.4) is 0 Å². The summed E-state index contributed by atoms with van der Waals surface area (Å²) >= 11 is 12.2. The SMILES string of the molecule is COCc1nn(-c2ccc(C)c(Cl)c2)c(Cl)c1C=O. The molecular formula is C13H12Cl2N2O2. The van der Waals surface area contributed by atoms with E-state index < -0.39 is 0 Å². The molecule has 0 radical (unpaired) electrons. The van der Waals surface area contributed by atoms with Gasteiger partial charge in [-0.1, -0.05) is 29.3 Å². The number of hydrogen-bond acceptors (Lipinski definition) is 3. The van der Waals surface area contributed by atoms with Crippen LogP contribution < -0.4 is 0 Å². The van der Waals surface area contributed by atoms with Gasteiger partial charge >= 0.3 is 0 Å². The molecule has 0 aliphatic rings. The number of hydrogen-bond donors (Lipinski definition) is 0. The van der Waals surface area contributed by atoms with Gasteiger partial charge in [0.1, 0.15) is 10.8 Å². The van der Waals surface area contributed by atoms with Crippen LogP contribution in [-0.4, -0.2) is 23.2 Å². The first-order valence-corrected chi connectivity index (χ1v) is 6.32. The fraction of sp³-hybridized carbons (Fsp3) is 0.231. The Balaban J connectivity index is 2.55. The Morgan fingerprint density at radius 3 is 2.74 bits per heavy atom. The summed E-state index contributed by atoms with van der Waals surface area (Å²) in [7, 11) is 1.53. The molecule has 6 heteroatoms. The molecule has 2 rings (SSSR count). The minimum Gasteiger partial charge on any atom is -0.378 e. The van der Waals surface area contributed by atoms with Crippen molar-refractivity contribution in [3.8, 4) is 5.69 Å². The molecule has 0 N–H and O–H groups in total. The van der Waals surface area contributed by atoms with Crippen LogP contribution >= 0.6 is 23.2 Å². The van der Waals surface area contributed by atoms with E-state index in [-0.39, 0.29) is 11.8 Å². The number of nitrogens with zero attached hydrogens (tertiary/aromatic N) is 2. The molecule has 1 aromatic heterocycles. The van der Waals surface area contributed by atoms with Crippen LogP contribution in [0.5, 0.6) is 0 Å². The molecule has 0 spiro atoms. The summed E-state index contributed by atoms with van der Waals surface area (Å²) in [6.07, 6.45) is 0.677. The zero-order chi connectivity index (χ0) is 14.0. The van der Waals surface area contributed by atoms with Crippen molar-refractivity contribution >= 4 is 29.5 Å². The molecule has 0 aliphatic heterocycles. The highest BCUT2D eigenvalue weighted by molar-refractivity contribution is 6.32. The van der Waals surface area contributed by atoms with Crippen LogP contribution in [0.15, 0.2) is 18.2 Å². The first kappa shape index (κ1) is 14.1. The van der Waals surface area contributed by atoms with E-state index in [1.54, 1.807) is 6.07 Å². The number of carbonyl (C=O) groups excluding carboxylic acids is 1. The number of aromatic nitrogens is 2. The molecule has 2 aromatic rings. The second-order valence-electron chi connectivity index (χ2n) is 4.05. The fourth-order valence-corrected chi connectivity index (χ4v) is 2.16. The second-order valence-corrected chi connectivity index (χ2v) is 4.81. The Morgan fingerprint density at radius 2 is 2.16 bits per heavy atom. The Bertz CT molecular complexity index is 623. The number of carbonyl (C=O) groups is 1. The molecule has 100 valence electrons. The molecule has 4 nitrogen and oxygen atoms in total. The Morgan fingerprint density at radius 1 is 1.42 bits per heavy atom. The van der Waals surface area contributed by atoms with E-state index in [1.165, 1.54) is 11.8 Å². The van der Waals surface area contributed by atoms with Gasteiger partial charge in [0.2, 0.25) is 0 Å². The van der Waals surface area contributed by atoms with E-state index in [9.17, 15) is 4.79 Å². The van der Waals surface area contributed by atoms with E-state index in [0.717, 1.165) is 5.56 Å². The lowest BCUT2D eigenvalue weighted by Crippen LogP contribution is -1.98. The third-order valence-corrected chi connectivity index (χ3v) is 3.51. The second kappa shape index (κ2) is 5.74. The number of aryl methyl sites for hydroxylation is 1. The standard InChI is InChI=1S/C13H12Cl2N2O2/c1-8-3-4-9(5-11(8)14)17-13(15)10(6-18)12(16-17)7-19-2/h3-6H,7H2,1-2H3. The van der Waals surface area contributed by atoms with Crippen molar-refractivity contribution in [1.82, 2.24) is 9.78 Å². The largest absolute Gasteiger partial charge is 0.378 e. The Kier molecular flexibility index (Phi) is 4.24.